The normalized spacial score (nSPS) is 45.0. The van der Waals surface area contributed by atoms with Crippen LogP contribution in [0, 0.1) is 34.5 Å². The van der Waals surface area contributed by atoms with E-state index in [0.717, 1.165) is 62.0 Å². The molecule has 9 unspecified atom stereocenters. The van der Waals surface area contributed by atoms with Crippen LogP contribution in [0.4, 0.5) is 0 Å². The highest BCUT2D eigenvalue weighted by atomic mass is 16.7. The molecule has 0 aromatic heterocycles. The van der Waals surface area contributed by atoms with Crippen molar-refractivity contribution in [2.24, 2.45) is 34.5 Å². The van der Waals surface area contributed by atoms with Crippen molar-refractivity contribution in [1.29, 1.82) is 0 Å². The van der Waals surface area contributed by atoms with Gasteiger partial charge in [0.2, 0.25) is 0 Å². The van der Waals surface area contributed by atoms with E-state index in [1.165, 1.54) is 5.57 Å². The van der Waals surface area contributed by atoms with Gasteiger partial charge in [-0.2, -0.15) is 0 Å². The highest BCUT2D eigenvalue weighted by Crippen LogP contribution is 2.69. The van der Waals surface area contributed by atoms with Gasteiger partial charge in [0.05, 0.1) is 26.9 Å². The van der Waals surface area contributed by atoms with Crippen LogP contribution < -0.4 is 9.47 Å². The Labute approximate surface area is 260 Å². The molecule has 9 nitrogen and oxygen atoms in total. The molecule has 0 radical (unpaired) electrons. The maximum Gasteiger partial charge on any atom is 0.186 e. The Bertz CT molecular complexity index is 1260. The summed E-state index contributed by atoms with van der Waals surface area (Å²) in [7, 11) is 3.37. The van der Waals surface area contributed by atoms with Gasteiger partial charge >= 0.3 is 0 Å². The summed E-state index contributed by atoms with van der Waals surface area (Å²) in [5.41, 5.74) is 2.40. The predicted molar refractivity (Wildman–Crippen MR) is 162 cm³/mol. The van der Waals surface area contributed by atoms with E-state index in [-0.39, 0.29) is 34.6 Å². The molecule has 4 fully saturated rings. The number of allylic oxidation sites excluding steroid dienone is 1. The molecule has 0 spiro atoms. The number of fused-ring (bicyclic) bond motifs is 5. The number of Topliss-reactive ketones (excluding diaryl/α,β-unsaturated/α-hetero) is 1. The lowest BCUT2D eigenvalue weighted by Gasteiger charge is -2.58. The van der Waals surface area contributed by atoms with Gasteiger partial charge in [-0.25, -0.2) is 0 Å². The van der Waals surface area contributed by atoms with Gasteiger partial charge in [-0.05, 0) is 105 Å². The molecule has 1 aliphatic heterocycles. The first kappa shape index (κ1) is 32.0. The third-order valence-electron chi connectivity index (χ3n) is 12.6. The molecule has 5 aliphatic rings. The van der Waals surface area contributed by atoms with Crippen molar-refractivity contribution in [2.45, 2.75) is 108 Å². The third kappa shape index (κ3) is 5.03. The average Bonchev–Trinajstić information content (AvgIpc) is 3.34. The summed E-state index contributed by atoms with van der Waals surface area (Å²) in [4.78, 5) is 13.4. The van der Waals surface area contributed by atoms with Crippen LogP contribution in [0.5, 0.6) is 11.5 Å². The summed E-state index contributed by atoms with van der Waals surface area (Å²) in [5.74, 6) is 3.25. The minimum atomic E-state index is -1.45. The standard InChI is InChI=1S/C35H50O9/c1-18(37)29-24(23-15-20(41-4)7-9-27(23)42-5)16-26-22-8-6-19-14-21(10-12-34(19,2)25(22)11-13-35(26,29)3)43-33-32(40)31(39)30(38)28(17-36)44-33/h6-7,9,15,21-22,24-26,28-33,36,38-40H,8,10-14,16-17H2,1-5H3/t21?,22?,24?,25?,26?,28-,29?,30-,31+,32+,33?,34?,35?/m1/s1. The van der Waals surface area contributed by atoms with E-state index in [0.29, 0.717) is 17.8 Å². The summed E-state index contributed by atoms with van der Waals surface area (Å²) < 4.78 is 23.2. The molecule has 1 aromatic rings. The molecule has 4 aliphatic carbocycles. The molecule has 1 aromatic carbocycles. The van der Waals surface area contributed by atoms with Crippen LogP contribution in [-0.4, -0.2) is 83.8 Å². The molecular weight excluding hydrogens is 564 g/mol. The maximum atomic E-state index is 13.4. The minimum absolute atomic E-state index is 0.0248. The lowest BCUT2D eigenvalue weighted by Crippen LogP contribution is -2.60. The number of ether oxygens (including phenoxy) is 4. The lowest BCUT2D eigenvalue weighted by atomic mass is 9.47. The number of rotatable bonds is 7. The van der Waals surface area contributed by atoms with Crippen LogP contribution in [0.3, 0.4) is 0 Å². The Morgan fingerprint density at radius 1 is 1.02 bits per heavy atom. The second-order valence-corrected chi connectivity index (χ2v) is 14.5. The van der Waals surface area contributed by atoms with Crippen LogP contribution in [-0.2, 0) is 14.3 Å². The number of methoxy groups -OCH3 is 2. The topological polar surface area (TPSA) is 135 Å². The maximum absolute atomic E-state index is 13.4. The Morgan fingerprint density at radius 2 is 1.80 bits per heavy atom. The van der Waals surface area contributed by atoms with Crippen molar-refractivity contribution in [3.8, 4) is 11.5 Å². The van der Waals surface area contributed by atoms with Crippen molar-refractivity contribution in [2.75, 3.05) is 20.8 Å². The minimum Gasteiger partial charge on any atom is -0.497 e. The monoisotopic (exact) mass is 614 g/mol. The highest BCUT2D eigenvalue weighted by Gasteiger charge is 2.62. The Balaban J connectivity index is 1.24. The molecule has 0 amide bonds. The number of hydrogen-bond donors (Lipinski definition) is 4. The van der Waals surface area contributed by atoms with Crippen molar-refractivity contribution >= 4 is 5.78 Å². The largest absolute Gasteiger partial charge is 0.497 e. The van der Waals surface area contributed by atoms with Gasteiger partial charge in [0, 0.05) is 11.5 Å². The van der Waals surface area contributed by atoms with Gasteiger partial charge in [-0.1, -0.05) is 25.5 Å². The van der Waals surface area contributed by atoms with E-state index in [4.69, 9.17) is 18.9 Å². The van der Waals surface area contributed by atoms with Gasteiger partial charge in [0.1, 0.15) is 41.7 Å². The summed E-state index contributed by atoms with van der Waals surface area (Å²) in [6, 6.07) is 5.94. The fourth-order valence-electron chi connectivity index (χ4n) is 10.3. The molecule has 44 heavy (non-hydrogen) atoms. The molecule has 6 rings (SSSR count). The molecular formula is C35H50O9. The van der Waals surface area contributed by atoms with Gasteiger partial charge in [-0.15, -0.1) is 0 Å². The zero-order valence-corrected chi connectivity index (χ0v) is 26.6. The third-order valence-corrected chi connectivity index (χ3v) is 12.6. The average molecular weight is 615 g/mol. The van der Waals surface area contributed by atoms with E-state index in [9.17, 15) is 25.2 Å². The van der Waals surface area contributed by atoms with Crippen LogP contribution in [0.2, 0.25) is 0 Å². The zero-order valence-electron chi connectivity index (χ0n) is 26.6. The van der Waals surface area contributed by atoms with E-state index < -0.39 is 37.3 Å². The van der Waals surface area contributed by atoms with Crippen LogP contribution in [0.15, 0.2) is 29.8 Å². The van der Waals surface area contributed by atoms with Gasteiger partial charge < -0.3 is 39.4 Å². The van der Waals surface area contributed by atoms with E-state index in [2.05, 4.69) is 26.0 Å². The first-order valence-corrected chi connectivity index (χ1v) is 16.3. The smallest absolute Gasteiger partial charge is 0.186 e. The summed E-state index contributed by atoms with van der Waals surface area (Å²) in [6.07, 6.45) is 2.34. The van der Waals surface area contributed by atoms with Crippen LogP contribution in [0.25, 0.3) is 0 Å². The van der Waals surface area contributed by atoms with Crippen molar-refractivity contribution in [1.82, 2.24) is 0 Å². The summed E-state index contributed by atoms with van der Waals surface area (Å²) >= 11 is 0. The number of carbonyl (C=O) groups excluding carboxylic acids is 1. The fourth-order valence-corrected chi connectivity index (χ4v) is 10.3. The quantitative estimate of drug-likeness (QED) is 0.339. The van der Waals surface area contributed by atoms with Crippen molar-refractivity contribution in [3.05, 3.63) is 35.4 Å². The summed E-state index contributed by atoms with van der Waals surface area (Å²) in [6.45, 7) is 6.06. The molecule has 4 N–H and O–H groups in total. The zero-order chi connectivity index (χ0) is 31.6. The Kier molecular flexibility index (Phi) is 8.70. The lowest BCUT2D eigenvalue weighted by molar-refractivity contribution is -0.313. The van der Waals surface area contributed by atoms with E-state index >= 15 is 0 Å². The first-order valence-electron chi connectivity index (χ1n) is 16.3. The Morgan fingerprint density at radius 3 is 2.48 bits per heavy atom. The van der Waals surface area contributed by atoms with E-state index in [1.54, 1.807) is 21.1 Å². The number of hydrogen-bond acceptors (Lipinski definition) is 9. The van der Waals surface area contributed by atoms with Gasteiger partial charge in [0.15, 0.2) is 6.29 Å². The SMILES string of the molecule is COc1ccc(OC)c(C2CC3C4CC=C5CC(OC6O[C@H](CO)[C@@H](O)[C@H](O)[C@@H]6O)CCC5(C)C4CCC3(C)C2C(C)=O)c1. The highest BCUT2D eigenvalue weighted by molar-refractivity contribution is 5.81. The number of ketones is 1. The van der Waals surface area contributed by atoms with Crippen LogP contribution in [0.1, 0.15) is 77.2 Å². The van der Waals surface area contributed by atoms with Crippen molar-refractivity contribution in [3.63, 3.8) is 0 Å². The molecule has 244 valence electrons. The second kappa shape index (κ2) is 12.0. The predicted octanol–water partition coefficient (Wildman–Crippen LogP) is 3.75. The molecule has 3 saturated carbocycles. The number of aliphatic hydroxyl groups excluding tert-OH is 4. The van der Waals surface area contributed by atoms with E-state index in [1.807, 2.05) is 12.1 Å². The van der Waals surface area contributed by atoms with Crippen LogP contribution >= 0.6 is 0 Å². The molecule has 1 saturated heterocycles. The number of aliphatic hydroxyl groups is 4. The molecule has 9 heteroatoms. The number of carbonyl (C=O) groups is 1. The molecule has 1 heterocycles. The first-order chi connectivity index (χ1) is 21.0. The Hall–Kier alpha value is -2.01. The van der Waals surface area contributed by atoms with Crippen molar-refractivity contribution < 1.29 is 44.2 Å². The molecule has 0 bridgehead atoms. The van der Waals surface area contributed by atoms with Gasteiger partial charge in [0.25, 0.3) is 0 Å². The molecule has 13 atom stereocenters. The fraction of sp³-hybridized carbons (Fsp3) is 0.743. The number of benzene rings is 1. The summed E-state index contributed by atoms with van der Waals surface area (Å²) in [5, 5.41) is 40.5. The van der Waals surface area contributed by atoms with Gasteiger partial charge in [-0.3, -0.25) is 4.79 Å². The second-order valence-electron chi connectivity index (χ2n) is 14.5.